The molecule has 0 aliphatic heterocycles. The van der Waals surface area contributed by atoms with Crippen molar-refractivity contribution in [3.63, 3.8) is 0 Å². The standard InChI is InChI=1S/C19H20F4N2O3/c1-11-5-6-12(9-14(11)20)15-10-13(19(21,22)23)16(18(26)28-4)17(24-15)25(2)7-8-27-3/h5-6,9-10H,7-8H2,1-4H3. The van der Waals surface area contributed by atoms with Crippen molar-refractivity contribution >= 4 is 11.8 Å². The number of esters is 1. The second-order valence-corrected chi connectivity index (χ2v) is 6.12. The van der Waals surface area contributed by atoms with Crippen molar-refractivity contribution in [1.82, 2.24) is 4.98 Å². The van der Waals surface area contributed by atoms with E-state index in [1.165, 1.54) is 38.1 Å². The molecule has 0 fully saturated rings. The number of alkyl halides is 3. The van der Waals surface area contributed by atoms with E-state index in [-0.39, 0.29) is 30.2 Å². The molecule has 2 rings (SSSR count). The SMILES string of the molecule is COCCN(C)c1nc(-c2ccc(C)c(F)c2)cc(C(F)(F)F)c1C(=O)OC. The van der Waals surface area contributed by atoms with Gasteiger partial charge in [0.15, 0.2) is 0 Å². The molecule has 0 saturated heterocycles. The van der Waals surface area contributed by atoms with Crippen molar-refractivity contribution < 1.29 is 31.8 Å². The van der Waals surface area contributed by atoms with E-state index in [1.54, 1.807) is 0 Å². The Balaban J connectivity index is 2.77. The minimum absolute atomic E-state index is 0.113. The van der Waals surface area contributed by atoms with Gasteiger partial charge in [-0.05, 0) is 24.6 Å². The van der Waals surface area contributed by atoms with Gasteiger partial charge in [0.2, 0.25) is 0 Å². The van der Waals surface area contributed by atoms with Crippen molar-refractivity contribution in [1.29, 1.82) is 0 Å². The van der Waals surface area contributed by atoms with Gasteiger partial charge in [-0.2, -0.15) is 13.2 Å². The highest BCUT2D eigenvalue weighted by Gasteiger charge is 2.39. The van der Waals surface area contributed by atoms with E-state index in [0.717, 1.165) is 19.2 Å². The Hall–Kier alpha value is -2.68. The summed E-state index contributed by atoms with van der Waals surface area (Å²) in [5, 5.41) is 0. The lowest BCUT2D eigenvalue weighted by atomic mass is 10.0. The average Bonchev–Trinajstić information content (AvgIpc) is 2.65. The van der Waals surface area contributed by atoms with Gasteiger partial charge in [0, 0.05) is 26.3 Å². The normalized spacial score (nSPS) is 11.4. The second-order valence-electron chi connectivity index (χ2n) is 6.12. The molecule has 9 heteroatoms. The minimum Gasteiger partial charge on any atom is -0.465 e. The lowest BCUT2D eigenvalue weighted by molar-refractivity contribution is -0.138. The predicted octanol–water partition coefficient (Wildman–Crippen LogP) is 4.08. The third-order valence-corrected chi connectivity index (χ3v) is 4.16. The lowest BCUT2D eigenvalue weighted by Gasteiger charge is -2.24. The summed E-state index contributed by atoms with van der Waals surface area (Å²) in [4.78, 5) is 17.7. The molecule has 0 amide bonds. The van der Waals surface area contributed by atoms with Crippen LogP contribution in [0.25, 0.3) is 11.3 Å². The molecule has 1 aromatic heterocycles. The van der Waals surface area contributed by atoms with Gasteiger partial charge in [0.05, 0.1) is 25.0 Å². The Labute approximate surface area is 159 Å². The number of pyridine rings is 1. The van der Waals surface area contributed by atoms with Crippen LogP contribution in [0.5, 0.6) is 0 Å². The first kappa shape index (κ1) is 21.6. The zero-order valence-electron chi connectivity index (χ0n) is 15.9. The fourth-order valence-corrected chi connectivity index (χ4v) is 2.57. The smallest absolute Gasteiger partial charge is 0.417 e. The summed E-state index contributed by atoms with van der Waals surface area (Å²) in [5.41, 5.74) is -1.51. The van der Waals surface area contributed by atoms with Crippen LogP contribution in [0.15, 0.2) is 24.3 Å². The number of benzene rings is 1. The van der Waals surface area contributed by atoms with E-state index in [2.05, 4.69) is 9.72 Å². The summed E-state index contributed by atoms with van der Waals surface area (Å²) in [6, 6.07) is 4.75. The van der Waals surface area contributed by atoms with Gasteiger partial charge in [0.25, 0.3) is 0 Å². The van der Waals surface area contributed by atoms with Crippen LogP contribution >= 0.6 is 0 Å². The molecule has 5 nitrogen and oxygen atoms in total. The molecule has 0 spiro atoms. The predicted molar refractivity (Wildman–Crippen MR) is 95.9 cm³/mol. The molecule has 0 radical (unpaired) electrons. The van der Waals surface area contributed by atoms with Gasteiger partial charge in [-0.15, -0.1) is 0 Å². The number of halogens is 4. The number of carbonyl (C=O) groups excluding carboxylic acids is 1. The van der Waals surface area contributed by atoms with Crippen molar-refractivity contribution in [3.8, 4) is 11.3 Å². The maximum atomic E-state index is 13.9. The first-order chi connectivity index (χ1) is 13.1. The van der Waals surface area contributed by atoms with E-state index >= 15 is 0 Å². The summed E-state index contributed by atoms with van der Waals surface area (Å²) < 4.78 is 64.6. The van der Waals surface area contributed by atoms with Gasteiger partial charge >= 0.3 is 12.1 Å². The number of anilines is 1. The number of methoxy groups -OCH3 is 2. The van der Waals surface area contributed by atoms with Crippen LogP contribution in [-0.2, 0) is 15.7 Å². The lowest BCUT2D eigenvalue weighted by Crippen LogP contribution is -2.28. The Morgan fingerprint density at radius 3 is 2.43 bits per heavy atom. The summed E-state index contributed by atoms with van der Waals surface area (Å²) in [5.74, 6) is -1.96. The molecule has 0 atom stereocenters. The third kappa shape index (κ3) is 4.59. The summed E-state index contributed by atoms with van der Waals surface area (Å²) in [6.45, 7) is 1.91. The number of rotatable bonds is 6. The fourth-order valence-electron chi connectivity index (χ4n) is 2.57. The first-order valence-electron chi connectivity index (χ1n) is 8.27. The van der Waals surface area contributed by atoms with E-state index in [9.17, 15) is 22.4 Å². The maximum absolute atomic E-state index is 13.9. The molecule has 0 aliphatic rings. The highest BCUT2D eigenvalue weighted by Crippen LogP contribution is 2.38. The maximum Gasteiger partial charge on any atom is 0.417 e. The largest absolute Gasteiger partial charge is 0.465 e. The van der Waals surface area contributed by atoms with Gasteiger partial charge < -0.3 is 14.4 Å². The van der Waals surface area contributed by atoms with E-state index < -0.39 is 29.1 Å². The highest BCUT2D eigenvalue weighted by atomic mass is 19.4. The molecular weight excluding hydrogens is 380 g/mol. The Kier molecular flexibility index (Phi) is 6.60. The number of ether oxygens (including phenoxy) is 2. The van der Waals surface area contributed by atoms with Gasteiger partial charge in [0.1, 0.15) is 17.2 Å². The Morgan fingerprint density at radius 2 is 1.89 bits per heavy atom. The molecular formula is C19H20F4N2O3. The van der Waals surface area contributed by atoms with Crippen LogP contribution in [-0.4, -0.2) is 45.4 Å². The number of likely N-dealkylation sites (N-methyl/N-ethyl adjacent to an activating group) is 1. The Morgan fingerprint density at radius 1 is 1.21 bits per heavy atom. The van der Waals surface area contributed by atoms with Gasteiger partial charge in [-0.1, -0.05) is 12.1 Å². The monoisotopic (exact) mass is 400 g/mol. The van der Waals surface area contributed by atoms with E-state index in [4.69, 9.17) is 4.74 Å². The summed E-state index contributed by atoms with van der Waals surface area (Å²) in [7, 11) is 3.91. The number of hydrogen-bond acceptors (Lipinski definition) is 5. The van der Waals surface area contributed by atoms with Crippen molar-refractivity contribution in [3.05, 3.63) is 46.8 Å². The topological polar surface area (TPSA) is 51.7 Å². The van der Waals surface area contributed by atoms with Crippen molar-refractivity contribution in [2.45, 2.75) is 13.1 Å². The molecule has 152 valence electrons. The summed E-state index contributed by atoms with van der Waals surface area (Å²) in [6.07, 6.45) is -4.85. The molecule has 1 aromatic carbocycles. The number of aromatic nitrogens is 1. The van der Waals surface area contributed by atoms with Crippen LogP contribution in [0.3, 0.4) is 0 Å². The van der Waals surface area contributed by atoms with E-state index in [0.29, 0.717) is 5.56 Å². The molecule has 0 saturated carbocycles. The van der Waals surface area contributed by atoms with Gasteiger partial charge in [-0.25, -0.2) is 14.2 Å². The Bertz CT molecular complexity index is 869. The number of hydrogen-bond donors (Lipinski definition) is 0. The molecule has 0 N–H and O–H groups in total. The zero-order chi connectivity index (χ0) is 21.1. The molecule has 1 heterocycles. The molecule has 28 heavy (non-hydrogen) atoms. The fraction of sp³-hybridized carbons (Fsp3) is 0.368. The van der Waals surface area contributed by atoms with Crippen LogP contribution in [0, 0.1) is 12.7 Å². The molecule has 0 bridgehead atoms. The number of aryl methyl sites for hydroxylation is 1. The molecule has 0 unspecified atom stereocenters. The molecule has 0 aliphatic carbocycles. The van der Waals surface area contributed by atoms with Gasteiger partial charge in [-0.3, -0.25) is 0 Å². The average molecular weight is 400 g/mol. The van der Waals surface area contributed by atoms with Crippen LogP contribution in [0.1, 0.15) is 21.5 Å². The van der Waals surface area contributed by atoms with Crippen LogP contribution < -0.4 is 4.90 Å². The van der Waals surface area contributed by atoms with Crippen molar-refractivity contribution in [2.24, 2.45) is 0 Å². The highest BCUT2D eigenvalue weighted by molar-refractivity contribution is 5.97. The number of nitrogens with zero attached hydrogens (tertiary/aromatic N) is 2. The van der Waals surface area contributed by atoms with Crippen LogP contribution in [0.4, 0.5) is 23.4 Å². The third-order valence-electron chi connectivity index (χ3n) is 4.16. The quantitative estimate of drug-likeness (QED) is 0.540. The zero-order valence-corrected chi connectivity index (χ0v) is 15.9. The molecule has 2 aromatic rings. The van der Waals surface area contributed by atoms with Crippen LogP contribution in [0.2, 0.25) is 0 Å². The summed E-state index contributed by atoms with van der Waals surface area (Å²) >= 11 is 0. The number of carbonyl (C=O) groups is 1. The minimum atomic E-state index is -4.85. The first-order valence-corrected chi connectivity index (χ1v) is 8.27. The van der Waals surface area contributed by atoms with E-state index in [1.807, 2.05) is 0 Å². The van der Waals surface area contributed by atoms with Crippen molar-refractivity contribution in [2.75, 3.05) is 39.3 Å². The second kappa shape index (κ2) is 8.55.